The van der Waals surface area contributed by atoms with Crippen molar-refractivity contribution >= 4 is 24.0 Å². The maximum absolute atomic E-state index is 12.8. The molecule has 1 aliphatic rings. The predicted octanol–water partition coefficient (Wildman–Crippen LogP) is 5.06. The number of alkyl halides is 3. The van der Waals surface area contributed by atoms with Crippen molar-refractivity contribution in [2.45, 2.75) is 52.0 Å². The van der Waals surface area contributed by atoms with Gasteiger partial charge in [-0.05, 0) is 65.0 Å². The minimum Gasteiger partial charge on any atom is -0.399 e. The molecular weight excluding hydrogens is 354 g/mol. The second-order valence-corrected chi connectivity index (χ2v) is 7.88. The fourth-order valence-corrected chi connectivity index (χ4v) is 2.86. The van der Waals surface area contributed by atoms with Crippen molar-refractivity contribution in [2.75, 3.05) is 5.32 Å². The molecule has 3 nitrogen and oxygen atoms in total. The van der Waals surface area contributed by atoms with Crippen molar-refractivity contribution in [3.63, 3.8) is 0 Å². The molecule has 3 rings (SSSR count). The van der Waals surface area contributed by atoms with E-state index in [9.17, 15) is 13.2 Å². The van der Waals surface area contributed by atoms with Gasteiger partial charge in [-0.2, -0.15) is 13.2 Å². The Labute approximate surface area is 158 Å². The van der Waals surface area contributed by atoms with Gasteiger partial charge in [-0.15, -0.1) is 0 Å². The summed E-state index contributed by atoms with van der Waals surface area (Å²) in [4.78, 5) is 0. The van der Waals surface area contributed by atoms with Gasteiger partial charge in [-0.3, -0.25) is 0 Å². The van der Waals surface area contributed by atoms with Crippen LogP contribution in [0.3, 0.4) is 0 Å². The summed E-state index contributed by atoms with van der Waals surface area (Å²) in [6.45, 7) is 9.88. The summed E-state index contributed by atoms with van der Waals surface area (Å²) in [5, 5.41) is 3.18. The third kappa shape index (κ3) is 3.99. The van der Waals surface area contributed by atoms with E-state index in [0.717, 1.165) is 28.8 Å². The molecule has 0 aromatic heterocycles. The van der Waals surface area contributed by atoms with E-state index in [1.54, 1.807) is 0 Å². The van der Waals surface area contributed by atoms with Crippen molar-refractivity contribution in [1.29, 1.82) is 0 Å². The predicted molar refractivity (Wildman–Crippen MR) is 102 cm³/mol. The molecule has 1 heterocycles. The topological polar surface area (TPSA) is 30.5 Å². The zero-order valence-corrected chi connectivity index (χ0v) is 16.1. The lowest BCUT2D eigenvalue weighted by molar-refractivity contribution is -0.137. The Morgan fingerprint density at radius 1 is 0.889 bits per heavy atom. The van der Waals surface area contributed by atoms with Crippen LogP contribution < -0.4 is 10.8 Å². The van der Waals surface area contributed by atoms with Gasteiger partial charge in [0.25, 0.3) is 0 Å². The summed E-state index contributed by atoms with van der Waals surface area (Å²) in [5.74, 6) is 0. The van der Waals surface area contributed by atoms with Crippen LogP contribution in [0.4, 0.5) is 24.5 Å². The number of aryl methyl sites for hydroxylation is 1. The molecular formula is C20H23BF3NO2. The Hall–Kier alpha value is -1.99. The van der Waals surface area contributed by atoms with Crippen LogP contribution in [-0.4, -0.2) is 18.3 Å². The number of nitrogens with one attached hydrogen (secondary N) is 1. The van der Waals surface area contributed by atoms with Crippen LogP contribution in [0.15, 0.2) is 42.5 Å². The number of rotatable bonds is 3. The summed E-state index contributed by atoms with van der Waals surface area (Å²) in [6, 6.07) is 10.7. The lowest BCUT2D eigenvalue weighted by Crippen LogP contribution is -2.41. The molecule has 2 aromatic rings. The van der Waals surface area contributed by atoms with Crippen LogP contribution in [0.2, 0.25) is 0 Å². The van der Waals surface area contributed by atoms with Crippen molar-refractivity contribution in [1.82, 2.24) is 0 Å². The highest BCUT2D eigenvalue weighted by atomic mass is 19.4. The van der Waals surface area contributed by atoms with Gasteiger partial charge in [0.1, 0.15) is 0 Å². The normalized spacial score (nSPS) is 18.6. The lowest BCUT2D eigenvalue weighted by atomic mass is 9.77. The standard InChI is InChI=1S/C20H23BF3NO2/c1-13-6-11-17(25-15-9-7-14(8-10-15)20(22,23)24)16(12-13)21-26-18(2,3)19(4,5)27-21/h6-12,25H,1-5H3. The first kappa shape index (κ1) is 19.8. The Balaban J connectivity index is 1.89. The Morgan fingerprint density at radius 3 is 1.96 bits per heavy atom. The zero-order chi connectivity index (χ0) is 20.0. The first-order chi connectivity index (χ1) is 12.4. The number of hydrogen-bond acceptors (Lipinski definition) is 3. The van der Waals surface area contributed by atoms with Crippen LogP contribution in [-0.2, 0) is 15.5 Å². The van der Waals surface area contributed by atoms with Gasteiger partial charge in [-0.25, -0.2) is 0 Å². The highest BCUT2D eigenvalue weighted by molar-refractivity contribution is 6.64. The zero-order valence-electron chi connectivity index (χ0n) is 16.1. The van der Waals surface area contributed by atoms with Crippen molar-refractivity contribution in [2.24, 2.45) is 0 Å². The lowest BCUT2D eigenvalue weighted by Gasteiger charge is -2.32. The van der Waals surface area contributed by atoms with Crippen LogP contribution in [0.1, 0.15) is 38.8 Å². The SMILES string of the molecule is Cc1ccc(Nc2ccc(C(F)(F)F)cc2)c(B2OC(C)(C)C(C)(C)O2)c1. The summed E-state index contributed by atoms with van der Waals surface area (Å²) in [7, 11) is -0.563. The Morgan fingerprint density at radius 2 is 1.44 bits per heavy atom. The minimum absolute atomic E-state index is 0.479. The smallest absolute Gasteiger partial charge is 0.399 e. The van der Waals surface area contributed by atoms with Crippen molar-refractivity contribution in [3.05, 3.63) is 53.6 Å². The number of hydrogen-bond donors (Lipinski definition) is 1. The molecule has 0 atom stereocenters. The molecule has 0 radical (unpaired) electrons. The van der Waals surface area contributed by atoms with Crippen molar-refractivity contribution < 1.29 is 22.5 Å². The molecule has 0 aliphatic carbocycles. The molecule has 0 unspecified atom stereocenters. The quantitative estimate of drug-likeness (QED) is 0.759. The highest BCUT2D eigenvalue weighted by Gasteiger charge is 2.52. The maximum atomic E-state index is 12.8. The molecule has 1 saturated heterocycles. The molecule has 27 heavy (non-hydrogen) atoms. The van der Waals surface area contributed by atoms with E-state index in [1.165, 1.54) is 12.1 Å². The molecule has 1 fully saturated rings. The van der Waals surface area contributed by atoms with E-state index in [0.29, 0.717) is 5.69 Å². The molecule has 0 saturated carbocycles. The molecule has 1 N–H and O–H groups in total. The molecule has 0 bridgehead atoms. The minimum atomic E-state index is -4.35. The van der Waals surface area contributed by atoms with E-state index in [4.69, 9.17) is 9.31 Å². The van der Waals surface area contributed by atoms with Crippen LogP contribution >= 0.6 is 0 Å². The van der Waals surface area contributed by atoms with Gasteiger partial charge in [0.15, 0.2) is 0 Å². The molecule has 0 spiro atoms. The summed E-state index contributed by atoms with van der Waals surface area (Å²) in [5.41, 5.74) is 1.51. The monoisotopic (exact) mass is 377 g/mol. The van der Waals surface area contributed by atoms with Crippen LogP contribution in [0, 0.1) is 6.92 Å². The van der Waals surface area contributed by atoms with Gasteiger partial charge in [0.05, 0.1) is 16.8 Å². The molecule has 7 heteroatoms. The van der Waals surface area contributed by atoms with Crippen LogP contribution in [0.25, 0.3) is 0 Å². The molecule has 0 amide bonds. The second kappa shape index (κ2) is 6.57. The average molecular weight is 377 g/mol. The third-order valence-corrected chi connectivity index (χ3v) is 5.21. The van der Waals surface area contributed by atoms with Crippen molar-refractivity contribution in [3.8, 4) is 0 Å². The van der Waals surface area contributed by atoms with E-state index in [2.05, 4.69) is 5.32 Å². The summed E-state index contributed by atoms with van der Waals surface area (Å²) >= 11 is 0. The highest BCUT2D eigenvalue weighted by Crippen LogP contribution is 2.37. The van der Waals surface area contributed by atoms with E-state index < -0.39 is 30.1 Å². The number of halogens is 3. The number of anilines is 2. The van der Waals surface area contributed by atoms with Gasteiger partial charge in [0, 0.05) is 16.8 Å². The Bertz CT molecular complexity index is 816. The first-order valence-electron chi connectivity index (χ1n) is 8.79. The third-order valence-electron chi connectivity index (χ3n) is 5.21. The summed E-state index contributed by atoms with van der Waals surface area (Å²) < 4.78 is 50.5. The largest absolute Gasteiger partial charge is 0.496 e. The van der Waals surface area contributed by atoms with Gasteiger partial charge in [-0.1, -0.05) is 17.7 Å². The first-order valence-corrected chi connectivity index (χ1v) is 8.79. The molecule has 1 aliphatic heterocycles. The van der Waals surface area contributed by atoms with Gasteiger partial charge in [0.2, 0.25) is 0 Å². The molecule has 2 aromatic carbocycles. The number of benzene rings is 2. The second-order valence-electron chi connectivity index (χ2n) is 7.88. The fourth-order valence-electron chi connectivity index (χ4n) is 2.86. The van der Waals surface area contributed by atoms with Gasteiger partial charge < -0.3 is 14.6 Å². The maximum Gasteiger partial charge on any atom is 0.496 e. The summed E-state index contributed by atoms with van der Waals surface area (Å²) in [6.07, 6.45) is -4.35. The Kier molecular flexibility index (Phi) is 4.81. The van der Waals surface area contributed by atoms with E-state index in [1.807, 2.05) is 52.8 Å². The van der Waals surface area contributed by atoms with E-state index >= 15 is 0 Å². The van der Waals surface area contributed by atoms with E-state index in [-0.39, 0.29) is 0 Å². The molecule has 144 valence electrons. The fraction of sp³-hybridized carbons (Fsp3) is 0.400. The van der Waals surface area contributed by atoms with Gasteiger partial charge >= 0.3 is 13.3 Å². The average Bonchev–Trinajstić information content (AvgIpc) is 2.77. The van der Waals surface area contributed by atoms with Crippen LogP contribution in [0.5, 0.6) is 0 Å².